The number of aliphatic hydroxyl groups excluding tert-OH is 1. The number of phenols is 1. The van der Waals surface area contributed by atoms with Crippen LogP contribution in [-0.4, -0.2) is 43.2 Å². The molecule has 2 atom stereocenters. The van der Waals surface area contributed by atoms with Crippen LogP contribution in [0.25, 0.3) is 11.1 Å². The molecule has 0 spiro atoms. The number of rotatable bonds is 7. The first-order valence-electron chi connectivity index (χ1n) is 15.4. The van der Waals surface area contributed by atoms with Crippen molar-refractivity contribution >= 4 is 0 Å². The molecule has 0 aliphatic heterocycles. The second kappa shape index (κ2) is 13.0. The second-order valence-corrected chi connectivity index (χ2v) is 11.8. The molecule has 4 heteroatoms. The number of aliphatic hydroxyl groups is 1. The van der Waals surface area contributed by atoms with Crippen molar-refractivity contribution in [1.29, 1.82) is 0 Å². The second-order valence-electron chi connectivity index (χ2n) is 11.8. The Morgan fingerprint density at radius 2 is 1.31 bits per heavy atom. The first-order chi connectivity index (χ1) is 20.1. The lowest BCUT2D eigenvalue weighted by Gasteiger charge is -2.43. The Bertz CT molecular complexity index is 1430. The molecule has 3 aliphatic carbocycles. The minimum Gasteiger partial charge on any atom is -0.508 e. The Kier molecular flexibility index (Phi) is 9.82. The summed E-state index contributed by atoms with van der Waals surface area (Å²) in [5.74, 6) is 0.308. The smallest absolute Gasteiger partial charge is 0.115 e. The zero-order valence-electron chi connectivity index (χ0n) is 26.5. The van der Waals surface area contributed by atoms with E-state index in [0.717, 1.165) is 19.6 Å². The molecular weight excluding hydrogens is 520 g/mol. The minimum atomic E-state index is -0.357. The van der Waals surface area contributed by atoms with Gasteiger partial charge < -0.3 is 19.7 Å². The van der Waals surface area contributed by atoms with Gasteiger partial charge in [0.1, 0.15) is 5.75 Å². The zero-order chi connectivity index (χ0) is 30.5. The molecule has 4 nitrogen and oxygen atoms in total. The van der Waals surface area contributed by atoms with Crippen LogP contribution in [-0.2, 0) is 26.7 Å². The summed E-state index contributed by atoms with van der Waals surface area (Å²) in [7, 11) is 0. The van der Waals surface area contributed by atoms with Crippen LogP contribution in [0.3, 0.4) is 0 Å². The minimum absolute atomic E-state index is 0.00918. The fraction of sp³-hybridized carbons (Fsp3) is 0.421. The van der Waals surface area contributed by atoms with Crippen molar-refractivity contribution in [2.75, 3.05) is 33.0 Å². The monoisotopic (exact) mass is 568 g/mol. The molecule has 6 rings (SSSR count). The van der Waals surface area contributed by atoms with Gasteiger partial charge in [-0.1, -0.05) is 94.5 Å². The van der Waals surface area contributed by atoms with Crippen LogP contribution in [0.15, 0.2) is 84.5 Å². The van der Waals surface area contributed by atoms with E-state index in [4.69, 9.17) is 14.6 Å². The largest absolute Gasteiger partial charge is 0.508 e. The molecule has 0 saturated heterocycles. The van der Waals surface area contributed by atoms with Gasteiger partial charge in [-0.2, -0.15) is 0 Å². The lowest BCUT2D eigenvalue weighted by atomic mass is 9.59. The van der Waals surface area contributed by atoms with Gasteiger partial charge >= 0.3 is 0 Å². The number of hydrogen-bond acceptors (Lipinski definition) is 4. The molecular formula is C38H48O4. The number of aromatic hydroxyl groups is 1. The molecule has 2 unspecified atom stereocenters. The van der Waals surface area contributed by atoms with Crippen molar-refractivity contribution in [1.82, 2.24) is 0 Å². The summed E-state index contributed by atoms with van der Waals surface area (Å²) in [5.41, 5.74) is 10.3. The topological polar surface area (TPSA) is 58.9 Å². The Morgan fingerprint density at radius 3 is 1.86 bits per heavy atom. The van der Waals surface area contributed by atoms with Gasteiger partial charge in [-0.15, -0.1) is 0 Å². The maximum absolute atomic E-state index is 10.1. The van der Waals surface area contributed by atoms with Crippen molar-refractivity contribution < 1.29 is 19.7 Å². The van der Waals surface area contributed by atoms with Crippen molar-refractivity contribution in [3.05, 3.63) is 112 Å². The Morgan fingerprint density at radius 1 is 0.714 bits per heavy atom. The van der Waals surface area contributed by atoms with Crippen LogP contribution in [0.5, 0.6) is 5.75 Å². The standard InChI is InChI=1S/C30H28O.C4H10O2.C4H10O/c1-5-19-6-12-24-25-13-9-21-17-27(25)30(26(24)16-19,20-7-10-23(31)11-8-20)22-14-15-29(4,18-22)28(21,2)3;1-2-6-4-3-5;1-3-5-4-2/h6-18,31H,5H2,1-4H3;5H,2-4H2,1H3;3-4H2,1-2H3. The SMILES string of the molecule is CCOCC.CCOCCO.CCc1ccc2c(c1)C1(c3ccc(O)cc3)C3=CC(C)(C=C3)C(C)(C)c3ccc-2c1c3. The van der Waals surface area contributed by atoms with Gasteiger partial charge in [-0.25, -0.2) is 0 Å². The molecule has 0 saturated carbocycles. The van der Waals surface area contributed by atoms with Crippen molar-refractivity contribution in [3.63, 3.8) is 0 Å². The van der Waals surface area contributed by atoms with Crippen LogP contribution in [0.1, 0.15) is 76.3 Å². The molecule has 2 N–H and O–H groups in total. The van der Waals surface area contributed by atoms with E-state index in [1.54, 1.807) is 0 Å². The maximum atomic E-state index is 10.1. The van der Waals surface area contributed by atoms with Crippen LogP contribution in [0.4, 0.5) is 0 Å². The molecule has 42 heavy (non-hydrogen) atoms. The molecule has 0 amide bonds. The van der Waals surface area contributed by atoms with Crippen LogP contribution in [0, 0.1) is 5.41 Å². The predicted octanol–water partition coefficient (Wildman–Crippen LogP) is 8.12. The Hall–Kier alpha value is -3.18. The summed E-state index contributed by atoms with van der Waals surface area (Å²) in [6.07, 6.45) is 8.29. The van der Waals surface area contributed by atoms with Crippen molar-refractivity contribution in [2.24, 2.45) is 5.41 Å². The normalized spacial score (nSPS) is 21.7. The number of hydrogen-bond donors (Lipinski definition) is 2. The fourth-order valence-electron chi connectivity index (χ4n) is 6.51. The van der Waals surface area contributed by atoms with Crippen LogP contribution >= 0.6 is 0 Å². The number of ether oxygens (including phenoxy) is 2. The summed E-state index contributed by atoms with van der Waals surface area (Å²) in [6.45, 7) is 18.2. The Labute approximate surface area is 252 Å². The molecule has 0 aromatic heterocycles. The van der Waals surface area contributed by atoms with Gasteiger partial charge in [0.15, 0.2) is 0 Å². The van der Waals surface area contributed by atoms with Gasteiger partial charge in [0.05, 0.1) is 18.6 Å². The van der Waals surface area contributed by atoms with E-state index in [0.29, 0.717) is 19.0 Å². The van der Waals surface area contributed by atoms with E-state index >= 15 is 0 Å². The summed E-state index contributed by atoms with van der Waals surface area (Å²) in [6, 6.07) is 22.0. The highest BCUT2D eigenvalue weighted by molar-refractivity contribution is 5.88. The Balaban J connectivity index is 0.000000317. The van der Waals surface area contributed by atoms with Crippen LogP contribution in [0.2, 0.25) is 0 Å². The lowest BCUT2D eigenvalue weighted by Crippen LogP contribution is -2.38. The van der Waals surface area contributed by atoms with Crippen LogP contribution < -0.4 is 0 Å². The summed E-state index contributed by atoms with van der Waals surface area (Å²) < 4.78 is 9.57. The van der Waals surface area contributed by atoms with E-state index in [1.165, 1.54) is 44.5 Å². The third-order valence-corrected chi connectivity index (χ3v) is 9.32. The van der Waals surface area contributed by atoms with E-state index in [9.17, 15) is 5.11 Å². The predicted molar refractivity (Wildman–Crippen MR) is 173 cm³/mol. The molecule has 3 aromatic rings. The maximum Gasteiger partial charge on any atom is 0.115 e. The fourth-order valence-corrected chi connectivity index (χ4v) is 6.51. The van der Waals surface area contributed by atoms with E-state index in [1.807, 2.05) is 32.9 Å². The molecule has 3 aliphatic rings. The molecule has 224 valence electrons. The summed E-state index contributed by atoms with van der Waals surface area (Å²) in [5, 5.41) is 18.1. The molecule has 0 fully saturated rings. The number of benzene rings is 3. The number of fused-ring (bicyclic) bond motifs is 6. The molecule has 0 radical (unpaired) electrons. The average molecular weight is 569 g/mol. The highest BCUT2D eigenvalue weighted by atomic mass is 16.5. The number of aryl methyl sites for hydroxylation is 1. The highest BCUT2D eigenvalue weighted by Gasteiger charge is 2.53. The highest BCUT2D eigenvalue weighted by Crippen LogP contribution is 2.62. The van der Waals surface area contributed by atoms with Gasteiger partial charge in [-0.3, -0.25) is 0 Å². The van der Waals surface area contributed by atoms with E-state index in [-0.39, 0.29) is 22.9 Å². The van der Waals surface area contributed by atoms with E-state index in [2.05, 4.69) is 94.5 Å². The molecule has 3 aromatic carbocycles. The van der Waals surface area contributed by atoms with Gasteiger partial charge in [0.25, 0.3) is 0 Å². The number of phenolic OH excluding ortho intramolecular Hbond substituents is 1. The first kappa shape index (κ1) is 31.7. The number of allylic oxidation sites excluding steroid dienone is 4. The van der Waals surface area contributed by atoms with Gasteiger partial charge in [0.2, 0.25) is 0 Å². The lowest BCUT2D eigenvalue weighted by molar-refractivity contribution is 0.102. The molecule has 4 bridgehead atoms. The zero-order valence-corrected chi connectivity index (χ0v) is 26.5. The third-order valence-electron chi connectivity index (χ3n) is 9.32. The average Bonchev–Trinajstić information content (AvgIpc) is 3.54. The van der Waals surface area contributed by atoms with E-state index < -0.39 is 0 Å². The third kappa shape index (κ3) is 5.37. The van der Waals surface area contributed by atoms with Gasteiger partial charge in [0, 0.05) is 30.7 Å². The summed E-state index contributed by atoms with van der Waals surface area (Å²) in [4.78, 5) is 0. The van der Waals surface area contributed by atoms with Gasteiger partial charge in [-0.05, 0) is 83.8 Å². The first-order valence-corrected chi connectivity index (χ1v) is 15.4. The molecule has 0 heterocycles. The quantitative estimate of drug-likeness (QED) is 0.283. The summed E-state index contributed by atoms with van der Waals surface area (Å²) >= 11 is 0. The van der Waals surface area contributed by atoms with Crippen molar-refractivity contribution in [2.45, 2.75) is 65.7 Å². The van der Waals surface area contributed by atoms with Crippen molar-refractivity contribution in [3.8, 4) is 16.9 Å².